The van der Waals surface area contributed by atoms with Crippen LogP contribution in [-0.2, 0) is 6.18 Å². The van der Waals surface area contributed by atoms with Gasteiger partial charge in [0.25, 0.3) is 5.91 Å². The van der Waals surface area contributed by atoms with E-state index >= 15 is 0 Å². The maximum atomic E-state index is 14.0. The molecule has 10 nitrogen and oxygen atoms in total. The van der Waals surface area contributed by atoms with E-state index in [-0.39, 0.29) is 11.6 Å². The minimum atomic E-state index is -4.60. The Labute approximate surface area is 267 Å². The third-order valence-electron chi connectivity index (χ3n) is 8.09. The summed E-state index contributed by atoms with van der Waals surface area (Å²) < 4.78 is 43.7. The van der Waals surface area contributed by atoms with Crippen molar-refractivity contribution in [2.75, 3.05) is 54.1 Å². The van der Waals surface area contributed by atoms with E-state index in [2.05, 4.69) is 42.8 Å². The monoisotopic (exact) mass is 635 g/mol. The van der Waals surface area contributed by atoms with Crippen LogP contribution in [0.5, 0.6) is 0 Å². The summed E-state index contributed by atoms with van der Waals surface area (Å²) >= 11 is 0. The van der Waals surface area contributed by atoms with E-state index in [9.17, 15) is 18.0 Å². The van der Waals surface area contributed by atoms with Crippen LogP contribution in [0.4, 0.5) is 41.9 Å². The maximum absolute atomic E-state index is 14.0. The number of hydrogen-bond acceptors (Lipinski definition) is 8. The number of nitrogens with one attached hydrogen (secondary N) is 3. The van der Waals surface area contributed by atoms with Gasteiger partial charge in [0, 0.05) is 67.5 Å². The SMILES string of the molecule is CCCCN1CCN(c2cc(C(=O)Nc3ccc(C)c(Nc4cc(C)nn4-c4cc(NC)ncn4)c3)cc(C(F)(F)F)c2)[C@@H](C)C1. The van der Waals surface area contributed by atoms with Crippen LogP contribution in [0, 0.1) is 13.8 Å². The number of hydrogen-bond donors (Lipinski definition) is 3. The number of carbonyl (C=O) groups is 1. The first-order chi connectivity index (χ1) is 21.9. The molecule has 2 aromatic carbocycles. The number of aromatic nitrogens is 4. The van der Waals surface area contributed by atoms with Crippen LogP contribution in [0.3, 0.4) is 0 Å². The van der Waals surface area contributed by atoms with Crippen LogP contribution >= 0.6 is 0 Å². The first-order valence-corrected chi connectivity index (χ1v) is 15.4. The van der Waals surface area contributed by atoms with E-state index in [1.165, 1.54) is 6.33 Å². The molecule has 0 unspecified atom stereocenters. The summed E-state index contributed by atoms with van der Waals surface area (Å²) in [5, 5.41) is 13.7. The van der Waals surface area contributed by atoms with Gasteiger partial charge in [0.05, 0.1) is 11.3 Å². The fourth-order valence-corrected chi connectivity index (χ4v) is 5.61. The van der Waals surface area contributed by atoms with Crippen molar-refractivity contribution in [3.8, 4) is 5.82 Å². The van der Waals surface area contributed by atoms with Crippen LogP contribution in [0.15, 0.2) is 54.9 Å². The van der Waals surface area contributed by atoms with Crippen molar-refractivity contribution in [1.29, 1.82) is 0 Å². The molecular formula is C33H40F3N9O. The molecule has 244 valence electrons. The number of nitrogens with zero attached hydrogens (tertiary/aromatic N) is 6. The average molecular weight is 636 g/mol. The number of halogens is 3. The number of rotatable bonds is 10. The first-order valence-electron chi connectivity index (χ1n) is 15.4. The molecule has 5 rings (SSSR count). The van der Waals surface area contributed by atoms with Crippen molar-refractivity contribution in [2.24, 2.45) is 0 Å². The molecule has 3 heterocycles. The molecular weight excluding hydrogens is 595 g/mol. The van der Waals surface area contributed by atoms with Gasteiger partial charge in [-0.3, -0.25) is 9.69 Å². The molecule has 46 heavy (non-hydrogen) atoms. The standard InChI is InChI=1S/C33H40F3N9O/c1-6-7-10-43-11-12-44(23(4)19-43)27-15-24(14-25(16-27)33(34,35)36)32(46)40-26-9-8-21(2)28(17-26)41-31-13-22(3)42-45(31)30-18-29(37-5)38-20-39-30/h8-9,13-18,20,23,41H,6-7,10-12,19H2,1-5H3,(H,40,46)(H,37,38,39)/t23-/m0/s1. The second-order valence-electron chi connectivity index (χ2n) is 11.7. The van der Waals surface area contributed by atoms with E-state index in [1.807, 2.05) is 37.8 Å². The van der Waals surface area contributed by atoms with E-state index in [1.54, 1.807) is 36.0 Å². The third kappa shape index (κ3) is 7.58. The normalized spacial score (nSPS) is 15.6. The van der Waals surface area contributed by atoms with Crippen LogP contribution in [0.2, 0.25) is 0 Å². The number of piperazine rings is 1. The van der Waals surface area contributed by atoms with Gasteiger partial charge in [-0.05, 0) is 69.6 Å². The third-order valence-corrected chi connectivity index (χ3v) is 8.09. The van der Waals surface area contributed by atoms with Gasteiger partial charge in [0.1, 0.15) is 18.0 Å². The van der Waals surface area contributed by atoms with Crippen LogP contribution < -0.4 is 20.9 Å². The molecule has 1 atom stereocenters. The minimum absolute atomic E-state index is 0.0000192. The smallest absolute Gasteiger partial charge is 0.373 e. The fraction of sp³-hybridized carbons (Fsp3) is 0.394. The van der Waals surface area contributed by atoms with E-state index in [4.69, 9.17) is 0 Å². The Morgan fingerprint density at radius 2 is 1.85 bits per heavy atom. The second-order valence-corrected chi connectivity index (χ2v) is 11.7. The van der Waals surface area contributed by atoms with Crippen molar-refractivity contribution in [2.45, 2.75) is 52.8 Å². The number of amides is 1. The molecule has 1 saturated heterocycles. The molecule has 1 fully saturated rings. The van der Waals surface area contributed by atoms with E-state index in [0.717, 1.165) is 55.9 Å². The lowest BCUT2D eigenvalue weighted by atomic mass is 10.0. The average Bonchev–Trinajstić information content (AvgIpc) is 3.40. The highest BCUT2D eigenvalue weighted by atomic mass is 19.4. The topological polar surface area (TPSA) is 103 Å². The second kappa shape index (κ2) is 13.8. The lowest BCUT2D eigenvalue weighted by molar-refractivity contribution is -0.137. The van der Waals surface area contributed by atoms with E-state index in [0.29, 0.717) is 41.1 Å². The predicted molar refractivity (Wildman–Crippen MR) is 175 cm³/mol. The van der Waals surface area contributed by atoms with Gasteiger partial charge in [0.15, 0.2) is 5.82 Å². The van der Waals surface area contributed by atoms with Crippen LogP contribution in [-0.4, -0.2) is 69.8 Å². The number of unbranched alkanes of at least 4 members (excludes halogenated alkanes) is 1. The molecule has 1 aliphatic heterocycles. The van der Waals surface area contributed by atoms with Crippen molar-refractivity contribution < 1.29 is 18.0 Å². The molecule has 0 bridgehead atoms. The molecule has 1 aliphatic rings. The molecule has 0 spiro atoms. The zero-order chi connectivity index (χ0) is 33.0. The highest BCUT2D eigenvalue weighted by molar-refractivity contribution is 6.05. The Morgan fingerprint density at radius 1 is 1.04 bits per heavy atom. The van der Waals surface area contributed by atoms with Gasteiger partial charge >= 0.3 is 6.18 Å². The molecule has 2 aromatic heterocycles. The summed E-state index contributed by atoms with van der Waals surface area (Å²) in [6.45, 7) is 11.0. The quantitative estimate of drug-likeness (QED) is 0.178. The van der Waals surface area contributed by atoms with Crippen LogP contribution in [0.1, 0.15) is 53.9 Å². The zero-order valence-corrected chi connectivity index (χ0v) is 26.7. The summed E-state index contributed by atoms with van der Waals surface area (Å²) in [4.78, 5) is 26.3. The number of benzene rings is 2. The molecule has 4 aromatic rings. The van der Waals surface area contributed by atoms with Gasteiger partial charge in [-0.15, -0.1) is 0 Å². The van der Waals surface area contributed by atoms with Crippen molar-refractivity contribution >= 4 is 34.6 Å². The van der Waals surface area contributed by atoms with Crippen molar-refractivity contribution in [3.63, 3.8) is 0 Å². The number of aryl methyl sites for hydroxylation is 2. The molecule has 1 amide bonds. The lowest BCUT2D eigenvalue weighted by Crippen LogP contribution is -2.52. The van der Waals surface area contributed by atoms with Crippen LogP contribution in [0.25, 0.3) is 5.82 Å². The summed E-state index contributed by atoms with van der Waals surface area (Å²) in [6, 6.07) is 12.5. The molecule has 0 aliphatic carbocycles. The van der Waals surface area contributed by atoms with Crippen molar-refractivity contribution in [1.82, 2.24) is 24.6 Å². The van der Waals surface area contributed by atoms with Gasteiger partial charge in [0.2, 0.25) is 0 Å². The molecule has 13 heteroatoms. The maximum Gasteiger partial charge on any atom is 0.416 e. The van der Waals surface area contributed by atoms with Gasteiger partial charge in [-0.1, -0.05) is 19.4 Å². The number of anilines is 5. The summed E-state index contributed by atoms with van der Waals surface area (Å²) in [7, 11) is 1.76. The Hall–Kier alpha value is -4.65. The number of alkyl halides is 3. The Kier molecular flexibility index (Phi) is 9.80. The number of carbonyl (C=O) groups excluding carboxylic acids is 1. The highest BCUT2D eigenvalue weighted by Crippen LogP contribution is 2.35. The van der Waals surface area contributed by atoms with Crippen molar-refractivity contribution in [3.05, 3.63) is 77.2 Å². The summed E-state index contributed by atoms with van der Waals surface area (Å²) in [5.41, 5.74) is 2.24. The summed E-state index contributed by atoms with van der Waals surface area (Å²) in [5.74, 6) is 1.19. The lowest BCUT2D eigenvalue weighted by Gasteiger charge is -2.41. The Morgan fingerprint density at radius 3 is 2.57 bits per heavy atom. The molecule has 3 N–H and O–H groups in total. The minimum Gasteiger partial charge on any atom is -0.373 e. The molecule has 0 saturated carbocycles. The fourth-order valence-electron chi connectivity index (χ4n) is 5.61. The predicted octanol–water partition coefficient (Wildman–Crippen LogP) is 6.65. The first kappa shape index (κ1) is 32.7. The van der Waals surface area contributed by atoms with Gasteiger partial charge in [-0.2, -0.15) is 23.0 Å². The zero-order valence-electron chi connectivity index (χ0n) is 26.7. The highest BCUT2D eigenvalue weighted by Gasteiger charge is 2.33. The van der Waals surface area contributed by atoms with E-state index < -0.39 is 17.6 Å². The summed E-state index contributed by atoms with van der Waals surface area (Å²) in [6.07, 6.45) is -0.988. The molecule has 0 radical (unpaired) electrons. The Balaban J connectivity index is 1.38. The Bertz CT molecular complexity index is 1690. The van der Waals surface area contributed by atoms with Gasteiger partial charge < -0.3 is 20.9 Å². The van der Waals surface area contributed by atoms with Gasteiger partial charge in [-0.25, -0.2) is 9.97 Å². The largest absolute Gasteiger partial charge is 0.416 e.